The molecule has 1 saturated heterocycles. The molecule has 2 heterocycles. The van der Waals surface area contributed by atoms with Gasteiger partial charge in [-0.05, 0) is 56.8 Å². The first-order valence-corrected chi connectivity index (χ1v) is 8.23. The number of hydrogen-bond donors (Lipinski definition) is 1. The molecule has 112 valence electrons. The van der Waals surface area contributed by atoms with Gasteiger partial charge in [0, 0.05) is 19.3 Å². The van der Waals surface area contributed by atoms with E-state index in [2.05, 4.69) is 41.2 Å². The molecule has 2 rings (SSSR count). The van der Waals surface area contributed by atoms with Crippen molar-refractivity contribution in [2.45, 2.75) is 52.5 Å². The second-order valence-corrected chi connectivity index (χ2v) is 5.94. The Balaban J connectivity index is 1.83. The van der Waals surface area contributed by atoms with E-state index in [1.54, 1.807) is 0 Å². The molecule has 0 spiro atoms. The fourth-order valence-electron chi connectivity index (χ4n) is 3.14. The smallest absolute Gasteiger partial charge is 0.125 e. The number of nitrogens with zero attached hydrogens (tertiary/aromatic N) is 2. The van der Waals surface area contributed by atoms with Crippen LogP contribution in [0.2, 0.25) is 0 Å². The highest BCUT2D eigenvalue weighted by molar-refractivity contribution is 5.35. The van der Waals surface area contributed by atoms with Crippen LogP contribution in [0.15, 0.2) is 18.3 Å². The summed E-state index contributed by atoms with van der Waals surface area (Å²) in [4.78, 5) is 7.06. The van der Waals surface area contributed by atoms with Crippen molar-refractivity contribution in [1.82, 2.24) is 9.88 Å². The fraction of sp³-hybridized carbons (Fsp3) is 0.706. The summed E-state index contributed by atoms with van der Waals surface area (Å²) in [6.07, 6.45) is 8.91. The van der Waals surface area contributed by atoms with E-state index < -0.39 is 0 Å². The van der Waals surface area contributed by atoms with Gasteiger partial charge in [-0.1, -0.05) is 25.8 Å². The number of rotatable bonds is 6. The van der Waals surface area contributed by atoms with Crippen LogP contribution in [-0.2, 0) is 6.54 Å². The first-order chi connectivity index (χ1) is 9.81. The summed E-state index contributed by atoms with van der Waals surface area (Å²) in [6.45, 7) is 8.88. The molecule has 0 amide bonds. The maximum absolute atomic E-state index is 4.46. The number of hydrogen-bond acceptors (Lipinski definition) is 3. The zero-order chi connectivity index (χ0) is 14.2. The lowest BCUT2D eigenvalue weighted by Gasteiger charge is -2.20. The molecular formula is C17H29N3. The van der Waals surface area contributed by atoms with E-state index in [1.165, 1.54) is 50.8 Å². The lowest BCUT2D eigenvalue weighted by Crippen LogP contribution is -2.24. The Kier molecular flexibility index (Phi) is 6.31. The molecule has 1 unspecified atom stereocenters. The van der Waals surface area contributed by atoms with Crippen LogP contribution < -0.4 is 5.32 Å². The minimum absolute atomic E-state index is 0.928. The summed E-state index contributed by atoms with van der Waals surface area (Å²) < 4.78 is 0. The lowest BCUT2D eigenvalue weighted by atomic mass is 9.96. The second-order valence-electron chi connectivity index (χ2n) is 5.94. The van der Waals surface area contributed by atoms with Gasteiger partial charge in [-0.3, -0.25) is 4.90 Å². The molecule has 1 fully saturated rings. The van der Waals surface area contributed by atoms with Crippen molar-refractivity contribution in [3.63, 3.8) is 0 Å². The summed E-state index contributed by atoms with van der Waals surface area (Å²) >= 11 is 0. The van der Waals surface area contributed by atoms with E-state index in [1.807, 2.05) is 6.20 Å². The quantitative estimate of drug-likeness (QED) is 0.853. The molecular weight excluding hydrogens is 246 g/mol. The van der Waals surface area contributed by atoms with Gasteiger partial charge in [0.15, 0.2) is 0 Å². The topological polar surface area (TPSA) is 28.2 Å². The fourth-order valence-corrected chi connectivity index (χ4v) is 3.14. The van der Waals surface area contributed by atoms with Crippen LogP contribution in [0.5, 0.6) is 0 Å². The van der Waals surface area contributed by atoms with Crippen molar-refractivity contribution in [1.29, 1.82) is 0 Å². The first kappa shape index (κ1) is 15.3. The zero-order valence-corrected chi connectivity index (χ0v) is 13.1. The van der Waals surface area contributed by atoms with Gasteiger partial charge in [-0.25, -0.2) is 4.98 Å². The van der Waals surface area contributed by atoms with Crippen molar-refractivity contribution < 1.29 is 0 Å². The van der Waals surface area contributed by atoms with Gasteiger partial charge in [0.25, 0.3) is 0 Å². The van der Waals surface area contributed by atoms with Crippen molar-refractivity contribution in [3.8, 4) is 0 Å². The molecule has 3 heteroatoms. The van der Waals surface area contributed by atoms with Crippen LogP contribution >= 0.6 is 0 Å². The third-order valence-electron chi connectivity index (χ3n) is 4.23. The predicted molar refractivity (Wildman–Crippen MR) is 85.9 cm³/mol. The average Bonchev–Trinajstić information content (AvgIpc) is 2.68. The molecule has 1 aromatic heterocycles. The van der Waals surface area contributed by atoms with Gasteiger partial charge >= 0.3 is 0 Å². The molecule has 0 saturated carbocycles. The molecule has 20 heavy (non-hydrogen) atoms. The molecule has 1 aliphatic heterocycles. The van der Waals surface area contributed by atoms with Crippen LogP contribution in [0, 0.1) is 5.92 Å². The van der Waals surface area contributed by atoms with E-state index in [9.17, 15) is 0 Å². The molecule has 1 atom stereocenters. The number of pyridine rings is 1. The van der Waals surface area contributed by atoms with Crippen LogP contribution in [0.4, 0.5) is 5.82 Å². The second kappa shape index (κ2) is 8.25. The summed E-state index contributed by atoms with van der Waals surface area (Å²) in [5.74, 6) is 1.94. The summed E-state index contributed by atoms with van der Waals surface area (Å²) in [7, 11) is 0. The van der Waals surface area contributed by atoms with Crippen molar-refractivity contribution in [3.05, 3.63) is 23.9 Å². The van der Waals surface area contributed by atoms with E-state index in [-0.39, 0.29) is 0 Å². The molecule has 1 aliphatic rings. The van der Waals surface area contributed by atoms with E-state index in [4.69, 9.17) is 0 Å². The molecule has 1 N–H and O–H groups in total. The Hall–Kier alpha value is -1.09. The van der Waals surface area contributed by atoms with Gasteiger partial charge in [-0.15, -0.1) is 0 Å². The molecule has 0 aromatic carbocycles. The maximum atomic E-state index is 4.46. The Morgan fingerprint density at radius 1 is 1.25 bits per heavy atom. The van der Waals surface area contributed by atoms with Crippen LogP contribution in [0.3, 0.4) is 0 Å². The summed E-state index contributed by atoms with van der Waals surface area (Å²) in [5, 5.41) is 3.24. The van der Waals surface area contributed by atoms with E-state index in [0.717, 1.165) is 24.8 Å². The first-order valence-electron chi connectivity index (χ1n) is 8.23. The highest BCUT2D eigenvalue weighted by atomic mass is 15.1. The predicted octanol–water partition coefficient (Wildman–Crippen LogP) is 3.92. The molecule has 3 nitrogen and oxygen atoms in total. The Bertz CT molecular complexity index is 374. The maximum Gasteiger partial charge on any atom is 0.125 e. The number of nitrogens with one attached hydrogen (secondary N) is 1. The molecule has 0 aliphatic carbocycles. The Morgan fingerprint density at radius 2 is 2.15 bits per heavy atom. The molecule has 0 radical (unpaired) electrons. The van der Waals surface area contributed by atoms with Crippen molar-refractivity contribution in [2.24, 2.45) is 5.92 Å². The SMILES string of the molecule is CCCC1CCCN(Cc2ccc(NCC)nc2)CC1. The third kappa shape index (κ3) is 4.78. The number of aromatic nitrogens is 1. The molecule has 1 aromatic rings. The third-order valence-corrected chi connectivity index (χ3v) is 4.23. The Labute approximate surface area is 123 Å². The normalized spacial score (nSPS) is 20.6. The lowest BCUT2D eigenvalue weighted by molar-refractivity contribution is 0.271. The molecule has 0 bridgehead atoms. The number of anilines is 1. The van der Waals surface area contributed by atoms with E-state index in [0.29, 0.717) is 0 Å². The van der Waals surface area contributed by atoms with Gasteiger partial charge in [-0.2, -0.15) is 0 Å². The minimum Gasteiger partial charge on any atom is -0.370 e. The van der Waals surface area contributed by atoms with Gasteiger partial charge in [0.1, 0.15) is 5.82 Å². The van der Waals surface area contributed by atoms with E-state index >= 15 is 0 Å². The summed E-state index contributed by atoms with van der Waals surface area (Å²) in [5.41, 5.74) is 1.33. The highest BCUT2D eigenvalue weighted by Crippen LogP contribution is 2.22. The average molecular weight is 275 g/mol. The number of likely N-dealkylation sites (tertiary alicyclic amines) is 1. The highest BCUT2D eigenvalue weighted by Gasteiger charge is 2.16. The monoisotopic (exact) mass is 275 g/mol. The summed E-state index contributed by atoms with van der Waals surface area (Å²) in [6, 6.07) is 4.30. The Morgan fingerprint density at radius 3 is 2.85 bits per heavy atom. The zero-order valence-electron chi connectivity index (χ0n) is 13.1. The van der Waals surface area contributed by atoms with Crippen LogP contribution in [0.1, 0.15) is 51.5 Å². The minimum atomic E-state index is 0.928. The van der Waals surface area contributed by atoms with Crippen molar-refractivity contribution in [2.75, 3.05) is 25.0 Å². The van der Waals surface area contributed by atoms with Crippen LogP contribution in [-0.4, -0.2) is 29.5 Å². The van der Waals surface area contributed by atoms with Gasteiger partial charge in [0.05, 0.1) is 0 Å². The largest absolute Gasteiger partial charge is 0.370 e. The van der Waals surface area contributed by atoms with Gasteiger partial charge in [0.2, 0.25) is 0 Å². The van der Waals surface area contributed by atoms with Crippen molar-refractivity contribution >= 4 is 5.82 Å². The van der Waals surface area contributed by atoms with Gasteiger partial charge < -0.3 is 5.32 Å². The van der Waals surface area contributed by atoms with Crippen LogP contribution in [0.25, 0.3) is 0 Å². The standard InChI is InChI=1S/C17H29N3/c1-3-6-15-7-5-11-20(12-10-15)14-16-8-9-17(18-4-2)19-13-16/h8-9,13,15H,3-7,10-12,14H2,1-2H3,(H,18,19).